The number of hydrogen-bond donors (Lipinski definition) is 2. The van der Waals surface area contributed by atoms with Crippen molar-refractivity contribution >= 4 is 34.3 Å². The van der Waals surface area contributed by atoms with Crippen molar-refractivity contribution in [2.75, 3.05) is 13.2 Å². The molecular formula is C62H88N2O4S2. The zero-order valence-electron chi connectivity index (χ0n) is 43.4. The van der Waals surface area contributed by atoms with Crippen LogP contribution in [0.15, 0.2) is 77.8 Å². The smallest absolute Gasteiger partial charge is 0.280 e. The van der Waals surface area contributed by atoms with E-state index in [0.717, 1.165) is 68.2 Å². The van der Waals surface area contributed by atoms with Gasteiger partial charge in [-0.2, -0.15) is 0 Å². The predicted octanol–water partition coefficient (Wildman–Crippen LogP) is 20.1. The maximum atomic E-state index is 13.5. The lowest BCUT2D eigenvalue weighted by Crippen LogP contribution is -1.97. The number of aromatic nitrogens is 1. The number of benzene rings is 2. The lowest BCUT2D eigenvalue weighted by molar-refractivity contribution is 0.101. The molecule has 0 atom stereocenters. The molecule has 0 saturated carbocycles. The third-order valence-corrected chi connectivity index (χ3v) is 16.4. The molecule has 382 valence electrons. The highest BCUT2D eigenvalue weighted by Crippen LogP contribution is 2.43. The van der Waals surface area contributed by atoms with Gasteiger partial charge in [0.2, 0.25) is 0 Å². The second-order valence-corrected chi connectivity index (χ2v) is 22.2. The number of aromatic hydroxyl groups is 1. The first kappa shape index (κ1) is 55.2. The van der Waals surface area contributed by atoms with E-state index in [0.29, 0.717) is 22.5 Å². The van der Waals surface area contributed by atoms with Crippen LogP contribution in [0.2, 0.25) is 0 Å². The summed E-state index contributed by atoms with van der Waals surface area (Å²) in [6.07, 6.45) is 43.6. The number of rotatable bonds is 40. The molecular weight excluding hydrogens is 901 g/mol. The molecule has 0 bridgehead atoms. The van der Waals surface area contributed by atoms with Gasteiger partial charge in [0.05, 0.1) is 45.5 Å². The molecule has 6 nitrogen and oxygen atoms in total. The molecule has 6 rings (SSSR count). The highest BCUT2D eigenvalue weighted by atomic mass is 32.1. The Morgan fingerprint density at radius 1 is 0.414 bits per heavy atom. The summed E-state index contributed by atoms with van der Waals surface area (Å²) in [5, 5.41) is 11.2. The van der Waals surface area contributed by atoms with Crippen molar-refractivity contribution in [3.63, 3.8) is 0 Å². The Labute approximate surface area is 431 Å². The average molecular weight is 990 g/mol. The van der Waals surface area contributed by atoms with E-state index in [1.807, 2.05) is 36.4 Å². The van der Waals surface area contributed by atoms with E-state index in [-0.39, 0.29) is 11.8 Å². The van der Waals surface area contributed by atoms with Gasteiger partial charge in [0.25, 0.3) is 5.91 Å². The van der Waals surface area contributed by atoms with Crippen LogP contribution in [0.25, 0.3) is 31.5 Å². The minimum atomic E-state index is -0.335. The number of nitrogens with one attached hydrogen (secondary N) is 1. The van der Waals surface area contributed by atoms with Gasteiger partial charge in [0.15, 0.2) is 5.88 Å². The van der Waals surface area contributed by atoms with Crippen molar-refractivity contribution in [3.8, 4) is 48.8 Å². The van der Waals surface area contributed by atoms with Gasteiger partial charge in [-0.25, -0.2) is 4.99 Å². The molecule has 2 N–H and O–H groups in total. The second kappa shape index (κ2) is 32.8. The molecule has 0 unspecified atom stereocenters. The maximum Gasteiger partial charge on any atom is 0.280 e. The minimum Gasteiger partial charge on any atom is -0.494 e. The van der Waals surface area contributed by atoms with Crippen molar-refractivity contribution < 1.29 is 19.4 Å². The number of aliphatic imine (C=N–C) groups is 1. The number of aromatic amines is 1. The number of unbranched alkanes of at least 4 members (excludes halogenated alkanes) is 30. The molecule has 1 aliphatic rings. The van der Waals surface area contributed by atoms with E-state index >= 15 is 0 Å². The van der Waals surface area contributed by atoms with Gasteiger partial charge in [0, 0.05) is 9.75 Å². The number of fused-ring (bicyclic) bond motifs is 1. The first-order valence-electron chi connectivity index (χ1n) is 28.3. The molecule has 0 spiro atoms. The van der Waals surface area contributed by atoms with Crippen molar-refractivity contribution in [2.24, 2.45) is 4.99 Å². The highest BCUT2D eigenvalue weighted by molar-refractivity contribution is 7.19. The molecule has 8 heteroatoms. The Kier molecular flexibility index (Phi) is 25.8. The van der Waals surface area contributed by atoms with E-state index in [1.54, 1.807) is 22.7 Å². The molecule has 70 heavy (non-hydrogen) atoms. The summed E-state index contributed by atoms with van der Waals surface area (Å²) >= 11 is 3.16. The van der Waals surface area contributed by atoms with Crippen LogP contribution in [0.5, 0.6) is 17.4 Å². The standard InChI is InChI=1S/C62H88N2O4S2/c1-3-5-7-9-11-13-15-17-19-21-23-25-27-29-31-33-47-67-51-39-35-49(36-40-51)53-43-45-55(69-53)59-57-58(62(66)63-59)60(64-61(57)65)56-46-44-54(70-56)50-37-41-52(42-38-50)68-48-34-32-30-28-26-24-22-20-18-16-14-12-10-8-6-4-2/h35-46,63,66H,3-34,47-48H2,1-2H3. The van der Waals surface area contributed by atoms with Crippen LogP contribution >= 0.6 is 22.7 Å². The number of nitrogens with zero attached hydrogens (tertiary/aromatic N) is 1. The van der Waals surface area contributed by atoms with Crippen LogP contribution in [0, 0.1) is 0 Å². The van der Waals surface area contributed by atoms with Gasteiger partial charge in [0.1, 0.15) is 11.5 Å². The van der Waals surface area contributed by atoms with Crippen molar-refractivity contribution in [1.82, 2.24) is 4.98 Å². The highest BCUT2D eigenvalue weighted by Gasteiger charge is 2.34. The van der Waals surface area contributed by atoms with Gasteiger partial charge in [-0.15, -0.1) is 22.7 Å². The Bertz CT molecular complexity index is 2210. The zero-order chi connectivity index (χ0) is 48.9. The van der Waals surface area contributed by atoms with Gasteiger partial charge in [-0.05, 0) is 96.8 Å². The van der Waals surface area contributed by atoms with Crippen molar-refractivity contribution in [3.05, 3.63) is 88.8 Å². The topological polar surface area (TPSA) is 83.9 Å². The molecule has 3 aromatic heterocycles. The number of carbonyl (C=O) groups excluding carboxylic acids is 1. The third kappa shape index (κ3) is 18.8. The summed E-state index contributed by atoms with van der Waals surface area (Å²) < 4.78 is 12.2. The molecule has 0 aliphatic carbocycles. The molecule has 1 amide bonds. The lowest BCUT2D eigenvalue weighted by Gasteiger charge is -2.07. The normalized spacial score (nSPS) is 12.3. The van der Waals surface area contributed by atoms with Crippen LogP contribution in [0.3, 0.4) is 0 Å². The lowest BCUT2D eigenvalue weighted by atomic mass is 10.0. The zero-order valence-corrected chi connectivity index (χ0v) is 45.0. The Hall–Kier alpha value is -4.14. The van der Waals surface area contributed by atoms with E-state index in [4.69, 9.17) is 9.47 Å². The fraction of sp³-hybridized carbons (Fsp3) is 0.581. The summed E-state index contributed by atoms with van der Waals surface area (Å²) in [5.41, 5.74) is 4.20. The number of H-pyrrole nitrogens is 1. The summed E-state index contributed by atoms with van der Waals surface area (Å²) in [6, 6.07) is 24.7. The molecule has 4 heterocycles. The molecule has 1 aliphatic heterocycles. The summed E-state index contributed by atoms with van der Waals surface area (Å²) in [5.74, 6) is 1.41. The average Bonchev–Trinajstić information content (AvgIpc) is 4.20. The van der Waals surface area contributed by atoms with Crippen LogP contribution in [-0.4, -0.2) is 34.9 Å². The van der Waals surface area contributed by atoms with Gasteiger partial charge >= 0.3 is 0 Å². The Morgan fingerprint density at radius 3 is 1.13 bits per heavy atom. The summed E-state index contributed by atoms with van der Waals surface area (Å²) in [6.45, 7) is 6.07. The second-order valence-electron chi connectivity index (χ2n) is 20.0. The van der Waals surface area contributed by atoms with Gasteiger partial charge in [-0.1, -0.05) is 206 Å². The third-order valence-electron chi connectivity index (χ3n) is 14.1. The number of thiophene rings is 2. The SMILES string of the molecule is CCCCCCCCCCCCCCCCCCOc1ccc(-c2ccc(C3=NC(=O)c4c(-c5ccc(-c6ccc(OCCCCCCCCCCCCCCCCCC)cc6)s5)[nH]c(O)c43)s2)cc1. The monoisotopic (exact) mass is 989 g/mol. The molecule has 0 fully saturated rings. The van der Waals surface area contributed by atoms with Crippen LogP contribution < -0.4 is 9.47 Å². The van der Waals surface area contributed by atoms with Crippen LogP contribution in [0.4, 0.5) is 0 Å². The molecule has 5 aromatic rings. The number of amides is 1. The number of ether oxygens (including phenoxy) is 2. The quantitative estimate of drug-likeness (QED) is 0.0383. The number of hydrogen-bond acceptors (Lipinski definition) is 6. The maximum absolute atomic E-state index is 13.5. The number of carbonyl (C=O) groups is 1. The molecule has 0 radical (unpaired) electrons. The Balaban J connectivity index is 0.851. The van der Waals surface area contributed by atoms with E-state index in [9.17, 15) is 9.90 Å². The van der Waals surface area contributed by atoms with Crippen molar-refractivity contribution in [1.29, 1.82) is 0 Å². The Morgan fingerprint density at radius 2 is 0.743 bits per heavy atom. The predicted molar refractivity (Wildman–Crippen MR) is 301 cm³/mol. The molecule has 0 saturated heterocycles. The summed E-state index contributed by atoms with van der Waals surface area (Å²) in [4.78, 5) is 24.9. The minimum absolute atomic E-state index is 0.0313. The summed E-state index contributed by atoms with van der Waals surface area (Å²) in [7, 11) is 0. The van der Waals surface area contributed by atoms with Gasteiger partial charge in [-0.3, -0.25) is 4.79 Å². The van der Waals surface area contributed by atoms with Gasteiger partial charge < -0.3 is 19.6 Å². The van der Waals surface area contributed by atoms with Crippen molar-refractivity contribution in [2.45, 2.75) is 219 Å². The fourth-order valence-corrected chi connectivity index (χ4v) is 11.9. The first-order valence-corrected chi connectivity index (χ1v) is 29.9. The van der Waals surface area contributed by atoms with Crippen LogP contribution in [0.1, 0.15) is 240 Å². The molecule has 2 aromatic carbocycles. The van der Waals surface area contributed by atoms with Crippen LogP contribution in [-0.2, 0) is 0 Å². The first-order chi connectivity index (χ1) is 34.6. The largest absolute Gasteiger partial charge is 0.494 e. The van der Waals surface area contributed by atoms with E-state index in [1.165, 1.54) is 193 Å². The van der Waals surface area contributed by atoms with E-state index < -0.39 is 0 Å². The fourth-order valence-electron chi connectivity index (χ4n) is 9.87. The van der Waals surface area contributed by atoms with E-state index in [2.05, 4.69) is 60.2 Å².